The second-order valence-corrected chi connectivity index (χ2v) is 4.69. The van der Waals surface area contributed by atoms with Gasteiger partial charge in [-0.3, -0.25) is 19.8 Å². The van der Waals surface area contributed by atoms with Crippen molar-refractivity contribution >= 4 is 29.4 Å². The van der Waals surface area contributed by atoms with Gasteiger partial charge >= 0.3 is 5.97 Å². The molecule has 0 unspecified atom stereocenters. The lowest BCUT2D eigenvalue weighted by molar-refractivity contribution is -0.137. The Hall–Kier alpha value is -3.54. The van der Waals surface area contributed by atoms with Crippen LogP contribution < -0.4 is 21.7 Å². The van der Waals surface area contributed by atoms with E-state index in [1.165, 1.54) is 12.1 Å². The van der Waals surface area contributed by atoms with Crippen LogP contribution in [0.3, 0.4) is 0 Å². The molecule has 7 N–H and O–H groups in total. The van der Waals surface area contributed by atoms with Gasteiger partial charge in [0.25, 0.3) is 5.91 Å². The Morgan fingerprint density at radius 2 is 2.08 bits per heavy atom. The van der Waals surface area contributed by atoms with Crippen molar-refractivity contribution in [1.82, 2.24) is 10.6 Å². The van der Waals surface area contributed by atoms with Crippen molar-refractivity contribution in [3.8, 4) is 12.3 Å². The minimum absolute atomic E-state index is 0.257. The Balaban J connectivity index is 2.56. The van der Waals surface area contributed by atoms with E-state index in [0.29, 0.717) is 5.69 Å². The molecule has 1 aromatic rings. The molecule has 0 aromatic heterocycles. The zero-order valence-corrected chi connectivity index (χ0v) is 12.6. The number of terminal acetylenes is 1. The van der Waals surface area contributed by atoms with E-state index in [0.717, 1.165) is 0 Å². The monoisotopic (exact) mass is 331 g/mol. The third kappa shape index (κ3) is 6.48. The Kier molecular flexibility index (Phi) is 6.78. The number of carbonyl (C=O) groups is 3. The summed E-state index contributed by atoms with van der Waals surface area (Å²) in [5.74, 6) is -0.397. The van der Waals surface area contributed by atoms with Crippen molar-refractivity contribution in [1.29, 1.82) is 5.41 Å². The molecule has 0 aliphatic carbocycles. The number of nitrogens with two attached hydrogens (primary N) is 1. The maximum atomic E-state index is 12.0. The molecule has 0 saturated heterocycles. The summed E-state index contributed by atoms with van der Waals surface area (Å²) in [5.41, 5.74) is 5.91. The van der Waals surface area contributed by atoms with Gasteiger partial charge in [-0.25, -0.2) is 0 Å². The number of guanidine groups is 1. The van der Waals surface area contributed by atoms with Gasteiger partial charge in [0.2, 0.25) is 5.91 Å². The lowest BCUT2D eigenvalue weighted by atomic mass is 10.2. The Bertz CT molecular complexity index is 695. The molecule has 24 heavy (non-hydrogen) atoms. The van der Waals surface area contributed by atoms with Gasteiger partial charge < -0.3 is 26.8 Å². The Labute approximate surface area is 138 Å². The highest BCUT2D eigenvalue weighted by molar-refractivity contribution is 5.98. The minimum atomic E-state index is -1.14. The van der Waals surface area contributed by atoms with Crippen molar-refractivity contribution in [3.05, 3.63) is 29.8 Å². The summed E-state index contributed by atoms with van der Waals surface area (Å²) in [7, 11) is 0. The van der Waals surface area contributed by atoms with Gasteiger partial charge in [-0.05, 0) is 18.2 Å². The van der Waals surface area contributed by atoms with Crippen molar-refractivity contribution in [2.75, 3.05) is 11.9 Å². The molecule has 1 atom stereocenters. The number of carboxylic acids is 1. The highest BCUT2D eigenvalue weighted by atomic mass is 16.4. The summed E-state index contributed by atoms with van der Waals surface area (Å²) in [6.07, 6.45) is 4.72. The van der Waals surface area contributed by atoms with E-state index in [2.05, 4.69) is 21.9 Å². The van der Waals surface area contributed by atoms with Crippen LogP contribution in [-0.2, 0) is 9.59 Å². The third-order valence-corrected chi connectivity index (χ3v) is 2.73. The number of carboxylic acid groups (broad SMARTS) is 1. The molecule has 1 rings (SSSR count). The van der Waals surface area contributed by atoms with Crippen molar-refractivity contribution in [2.24, 2.45) is 5.73 Å². The van der Waals surface area contributed by atoms with Gasteiger partial charge in [0.1, 0.15) is 6.04 Å². The average molecular weight is 331 g/mol. The number of rotatable bonds is 7. The van der Waals surface area contributed by atoms with Crippen LogP contribution in [0.2, 0.25) is 0 Å². The molecule has 126 valence electrons. The van der Waals surface area contributed by atoms with Crippen LogP contribution in [0, 0.1) is 17.8 Å². The second-order valence-electron chi connectivity index (χ2n) is 4.69. The van der Waals surface area contributed by atoms with E-state index < -0.39 is 30.2 Å². The van der Waals surface area contributed by atoms with E-state index >= 15 is 0 Å². The molecule has 9 nitrogen and oxygen atoms in total. The summed E-state index contributed by atoms with van der Waals surface area (Å²) in [6, 6.07) is 5.24. The SMILES string of the molecule is C#C[C@@H](CC(=O)O)NC(=O)CNC(=O)c1cccc(NC(=N)N)c1. The fourth-order valence-electron chi connectivity index (χ4n) is 1.73. The third-order valence-electron chi connectivity index (χ3n) is 2.73. The van der Waals surface area contributed by atoms with Crippen LogP contribution in [0.25, 0.3) is 0 Å². The van der Waals surface area contributed by atoms with E-state index in [1.807, 2.05) is 0 Å². The number of amides is 2. The van der Waals surface area contributed by atoms with Gasteiger partial charge in [-0.15, -0.1) is 6.42 Å². The summed E-state index contributed by atoms with van der Waals surface area (Å²) in [4.78, 5) is 34.2. The molecular formula is C15H17N5O4. The van der Waals surface area contributed by atoms with Gasteiger partial charge in [-0.1, -0.05) is 12.0 Å². The van der Waals surface area contributed by atoms with Crippen molar-refractivity contribution in [2.45, 2.75) is 12.5 Å². The van der Waals surface area contributed by atoms with Crippen molar-refractivity contribution < 1.29 is 19.5 Å². The number of anilines is 1. The van der Waals surface area contributed by atoms with E-state index in [4.69, 9.17) is 22.7 Å². The smallest absolute Gasteiger partial charge is 0.306 e. The van der Waals surface area contributed by atoms with E-state index in [9.17, 15) is 14.4 Å². The number of nitrogens with one attached hydrogen (secondary N) is 4. The number of hydrogen-bond acceptors (Lipinski definition) is 4. The number of carbonyl (C=O) groups excluding carboxylic acids is 2. The Morgan fingerprint density at radius 3 is 2.67 bits per heavy atom. The zero-order valence-electron chi connectivity index (χ0n) is 12.6. The summed E-state index contributed by atoms with van der Waals surface area (Å²) in [5, 5.41) is 23.0. The summed E-state index contributed by atoms with van der Waals surface area (Å²) in [6.45, 7) is -0.360. The predicted octanol–water partition coefficient (Wildman–Crippen LogP) is -0.686. The quantitative estimate of drug-likeness (QED) is 0.221. The molecule has 0 aliphatic rings. The molecule has 0 spiro atoms. The van der Waals surface area contributed by atoms with Crippen LogP contribution in [0.15, 0.2) is 24.3 Å². The highest BCUT2D eigenvalue weighted by Crippen LogP contribution is 2.10. The van der Waals surface area contributed by atoms with Crippen LogP contribution in [0.1, 0.15) is 16.8 Å². The molecule has 0 saturated carbocycles. The number of benzene rings is 1. The number of hydrogen-bond donors (Lipinski definition) is 6. The van der Waals surface area contributed by atoms with E-state index in [1.54, 1.807) is 12.1 Å². The largest absolute Gasteiger partial charge is 0.481 e. The van der Waals surface area contributed by atoms with Gasteiger partial charge in [0.15, 0.2) is 5.96 Å². The molecule has 0 aliphatic heterocycles. The lowest BCUT2D eigenvalue weighted by Gasteiger charge is -2.12. The molecule has 1 aromatic carbocycles. The van der Waals surface area contributed by atoms with Crippen LogP contribution in [0.4, 0.5) is 5.69 Å². The van der Waals surface area contributed by atoms with Crippen LogP contribution >= 0.6 is 0 Å². The first-order chi connectivity index (χ1) is 11.3. The summed E-state index contributed by atoms with van der Waals surface area (Å²) >= 11 is 0. The van der Waals surface area contributed by atoms with Gasteiger partial charge in [0.05, 0.1) is 13.0 Å². The molecule has 9 heteroatoms. The zero-order chi connectivity index (χ0) is 18.1. The molecule has 0 bridgehead atoms. The van der Waals surface area contributed by atoms with Crippen LogP contribution in [0.5, 0.6) is 0 Å². The second kappa shape index (κ2) is 8.79. The molecular weight excluding hydrogens is 314 g/mol. The standard InChI is InChI=1S/C15H17N5O4/c1-2-10(7-13(22)23)19-12(21)8-18-14(24)9-4-3-5-11(6-9)20-15(16)17/h1,3-6,10H,7-8H2,(H,18,24)(H,19,21)(H,22,23)(H4,16,17,20)/t10-/m0/s1. The maximum absolute atomic E-state index is 12.0. The molecule has 0 radical (unpaired) electrons. The lowest BCUT2D eigenvalue weighted by Crippen LogP contribution is -2.42. The average Bonchev–Trinajstić information content (AvgIpc) is 2.51. The summed E-state index contributed by atoms with van der Waals surface area (Å²) < 4.78 is 0. The first-order valence-corrected chi connectivity index (χ1v) is 6.78. The number of aliphatic carboxylic acids is 1. The normalized spacial score (nSPS) is 10.8. The van der Waals surface area contributed by atoms with E-state index in [-0.39, 0.29) is 18.1 Å². The predicted molar refractivity (Wildman–Crippen MR) is 87.3 cm³/mol. The Morgan fingerprint density at radius 1 is 1.38 bits per heavy atom. The molecule has 0 fully saturated rings. The topological polar surface area (TPSA) is 157 Å². The minimum Gasteiger partial charge on any atom is -0.481 e. The van der Waals surface area contributed by atoms with Gasteiger partial charge in [-0.2, -0.15) is 0 Å². The van der Waals surface area contributed by atoms with Crippen molar-refractivity contribution in [3.63, 3.8) is 0 Å². The maximum Gasteiger partial charge on any atom is 0.306 e. The molecule has 0 heterocycles. The fraction of sp³-hybridized carbons (Fsp3) is 0.200. The highest BCUT2D eigenvalue weighted by Gasteiger charge is 2.14. The molecule has 2 amide bonds. The first-order valence-electron chi connectivity index (χ1n) is 6.78. The van der Waals surface area contributed by atoms with Gasteiger partial charge in [0, 0.05) is 11.3 Å². The fourth-order valence-corrected chi connectivity index (χ4v) is 1.73. The first kappa shape index (κ1) is 18.5. The van der Waals surface area contributed by atoms with Crippen LogP contribution in [-0.4, -0.2) is 41.4 Å².